The average molecular weight is 362 g/mol. The van der Waals surface area contributed by atoms with E-state index in [9.17, 15) is 13.2 Å². The number of carbonyl (C=O) groups is 1. The van der Waals surface area contributed by atoms with Gasteiger partial charge in [0.1, 0.15) is 0 Å². The molecule has 2 aromatic heterocycles. The highest BCUT2D eigenvalue weighted by Crippen LogP contribution is 2.13. The Hall–Kier alpha value is -2.36. The van der Waals surface area contributed by atoms with E-state index in [1.807, 2.05) is 16.8 Å². The van der Waals surface area contributed by atoms with Crippen LogP contribution in [0.15, 0.2) is 52.2 Å². The number of rotatable bonds is 6. The standard InChI is InChI=1S/C15H14N4O3S2/c1-11(20)12-3-2-4-15(7-12)24(21,22)16-8-13-9-19(18-17-13)14-5-6-23-10-14/h2-7,9-10,16H,8H2,1H3. The van der Waals surface area contributed by atoms with Crippen molar-refractivity contribution < 1.29 is 13.2 Å². The molecule has 3 aromatic rings. The summed E-state index contributed by atoms with van der Waals surface area (Å²) in [6, 6.07) is 7.80. The number of sulfonamides is 1. The maximum Gasteiger partial charge on any atom is 0.240 e. The van der Waals surface area contributed by atoms with Crippen LogP contribution in [0.1, 0.15) is 23.0 Å². The van der Waals surface area contributed by atoms with Gasteiger partial charge in [0.05, 0.1) is 29.0 Å². The molecule has 0 radical (unpaired) electrons. The first-order valence-electron chi connectivity index (χ1n) is 7.00. The maximum atomic E-state index is 12.3. The quantitative estimate of drug-likeness (QED) is 0.677. The van der Waals surface area contributed by atoms with E-state index >= 15 is 0 Å². The number of aromatic nitrogens is 3. The van der Waals surface area contributed by atoms with Crippen LogP contribution in [0, 0.1) is 0 Å². The summed E-state index contributed by atoms with van der Waals surface area (Å²) in [4.78, 5) is 11.4. The van der Waals surface area contributed by atoms with Crippen molar-refractivity contribution >= 4 is 27.1 Å². The Morgan fingerprint density at radius 1 is 1.33 bits per heavy atom. The van der Waals surface area contributed by atoms with Crippen molar-refractivity contribution in [2.45, 2.75) is 18.4 Å². The minimum Gasteiger partial charge on any atom is -0.295 e. The SMILES string of the molecule is CC(=O)c1cccc(S(=O)(=O)NCc2cn(-c3ccsc3)nn2)c1. The molecule has 0 fully saturated rings. The predicted octanol–water partition coefficient (Wildman–Crippen LogP) is 2.01. The van der Waals surface area contributed by atoms with Gasteiger partial charge in [-0.25, -0.2) is 17.8 Å². The lowest BCUT2D eigenvalue weighted by Gasteiger charge is -2.06. The summed E-state index contributed by atoms with van der Waals surface area (Å²) >= 11 is 1.53. The molecule has 2 heterocycles. The smallest absolute Gasteiger partial charge is 0.240 e. The zero-order chi connectivity index (χ0) is 17.2. The molecule has 124 valence electrons. The van der Waals surface area contributed by atoms with Gasteiger partial charge in [0, 0.05) is 10.9 Å². The lowest BCUT2D eigenvalue weighted by molar-refractivity contribution is 0.101. The highest BCUT2D eigenvalue weighted by Gasteiger charge is 2.16. The van der Waals surface area contributed by atoms with Gasteiger partial charge < -0.3 is 0 Å². The molecule has 0 aliphatic heterocycles. The summed E-state index contributed by atoms with van der Waals surface area (Å²) in [5.41, 5.74) is 1.71. The van der Waals surface area contributed by atoms with Crippen molar-refractivity contribution in [3.8, 4) is 5.69 Å². The van der Waals surface area contributed by atoms with E-state index in [-0.39, 0.29) is 17.2 Å². The molecule has 9 heteroatoms. The minimum atomic E-state index is -3.74. The van der Waals surface area contributed by atoms with E-state index in [2.05, 4.69) is 15.0 Å². The van der Waals surface area contributed by atoms with Crippen molar-refractivity contribution in [2.24, 2.45) is 0 Å². The molecule has 0 bridgehead atoms. The van der Waals surface area contributed by atoms with Crippen LogP contribution in [0.3, 0.4) is 0 Å². The fraction of sp³-hybridized carbons (Fsp3) is 0.133. The molecule has 0 aliphatic rings. The first-order valence-corrected chi connectivity index (χ1v) is 9.43. The summed E-state index contributed by atoms with van der Waals surface area (Å²) in [6.45, 7) is 1.40. The van der Waals surface area contributed by atoms with E-state index in [1.165, 1.54) is 36.5 Å². The normalized spacial score (nSPS) is 11.5. The van der Waals surface area contributed by atoms with Crippen LogP contribution in [-0.4, -0.2) is 29.2 Å². The summed E-state index contributed by atoms with van der Waals surface area (Å²) in [6.07, 6.45) is 1.66. The van der Waals surface area contributed by atoms with Gasteiger partial charge in [0.25, 0.3) is 0 Å². The van der Waals surface area contributed by atoms with Crippen molar-refractivity contribution in [3.63, 3.8) is 0 Å². The zero-order valence-corrected chi connectivity index (χ0v) is 14.3. The van der Waals surface area contributed by atoms with Crippen LogP contribution in [0.4, 0.5) is 0 Å². The number of nitrogens with zero attached hydrogens (tertiary/aromatic N) is 3. The molecule has 0 unspecified atom stereocenters. The molecule has 0 saturated carbocycles. The largest absolute Gasteiger partial charge is 0.295 e. The molecule has 7 nitrogen and oxygen atoms in total. The first-order chi connectivity index (χ1) is 11.5. The second-order valence-electron chi connectivity index (χ2n) is 5.04. The number of thiophene rings is 1. The molecule has 0 spiro atoms. The van der Waals surface area contributed by atoms with Gasteiger partial charge in [-0.15, -0.1) is 5.10 Å². The van der Waals surface area contributed by atoms with Crippen LogP contribution >= 0.6 is 11.3 Å². The van der Waals surface area contributed by atoms with Crippen molar-refractivity contribution in [2.75, 3.05) is 0 Å². The Labute approximate surface area is 143 Å². The van der Waals surface area contributed by atoms with Gasteiger partial charge in [-0.1, -0.05) is 17.3 Å². The first kappa shape index (κ1) is 16.5. The highest BCUT2D eigenvalue weighted by molar-refractivity contribution is 7.89. The maximum absolute atomic E-state index is 12.3. The number of benzene rings is 1. The van der Waals surface area contributed by atoms with Crippen molar-refractivity contribution in [1.82, 2.24) is 19.7 Å². The zero-order valence-electron chi connectivity index (χ0n) is 12.7. The van der Waals surface area contributed by atoms with E-state index in [4.69, 9.17) is 0 Å². The lowest BCUT2D eigenvalue weighted by atomic mass is 10.2. The van der Waals surface area contributed by atoms with Gasteiger partial charge >= 0.3 is 0 Å². The fourth-order valence-corrected chi connectivity index (χ4v) is 3.69. The number of carbonyl (C=O) groups excluding carboxylic acids is 1. The number of Topliss-reactive ketones (excluding diaryl/α,β-unsaturated/α-hetero) is 1. The number of ketones is 1. The monoisotopic (exact) mass is 362 g/mol. The van der Waals surface area contributed by atoms with Crippen LogP contribution < -0.4 is 4.72 Å². The van der Waals surface area contributed by atoms with Crippen molar-refractivity contribution in [1.29, 1.82) is 0 Å². The van der Waals surface area contributed by atoms with Gasteiger partial charge in [0.2, 0.25) is 10.0 Å². The molecule has 3 rings (SSSR count). The van der Waals surface area contributed by atoms with E-state index in [0.717, 1.165) is 5.69 Å². The van der Waals surface area contributed by atoms with Crippen LogP contribution in [0.2, 0.25) is 0 Å². The number of hydrogen-bond donors (Lipinski definition) is 1. The Kier molecular flexibility index (Phi) is 4.56. The molecule has 0 aliphatic carbocycles. The van der Waals surface area contributed by atoms with E-state index < -0.39 is 10.0 Å². The van der Waals surface area contributed by atoms with Gasteiger partial charge in [-0.05, 0) is 30.5 Å². The Morgan fingerprint density at radius 2 is 2.17 bits per heavy atom. The van der Waals surface area contributed by atoms with Crippen molar-refractivity contribution in [3.05, 3.63) is 58.5 Å². The second kappa shape index (κ2) is 6.63. The number of hydrogen-bond acceptors (Lipinski definition) is 6. The van der Waals surface area contributed by atoms with E-state index in [1.54, 1.807) is 16.9 Å². The summed E-state index contributed by atoms with van der Waals surface area (Å²) in [5.74, 6) is -0.189. The Bertz CT molecular complexity index is 962. The van der Waals surface area contributed by atoms with E-state index in [0.29, 0.717) is 11.3 Å². The van der Waals surface area contributed by atoms with Gasteiger partial charge in [0.15, 0.2) is 5.78 Å². The highest BCUT2D eigenvalue weighted by atomic mass is 32.2. The van der Waals surface area contributed by atoms with Crippen LogP contribution in [0.25, 0.3) is 5.69 Å². The Balaban J connectivity index is 1.74. The minimum absolute atomic E-state index is 0.0107. The summed E-state index contributed by atoms with van der Waals surface area (Å²) in [7, 11) is -3.74. The third-order valence-corrected chi connectivity index (χ3v) is 5.38. The molecule has 0 atom stereocenters. The fourth-order valence-electron chi connectivity index (χ4n) is 2.03. The predicted molar refractivity (Wildman–Crippen MR) is 89.7 cm³/mol. The topological polar surface area (TPSA) is 94.0 Å². The van der Waals surface area contributed by atoms with Crippen LogP contribution in [-0.2, 0) is 16.6 Å². The summed E-state index contributed by atoms with van der Waals surface area (Å²) in [5, 5.41) is 11.7. The average Bonchev–Trinajstić information content (AvgIpc) is 3.24. The summed E-state index contributed by atoms with van der Waals surface area (Å²) < 4.78 is 28.7. The molecule has 1 N–H and O–H groups in total. The molecule has 0 amide bonds. The van der Waals surface area contributed by atoms with Gasteiger partial charge in [-0.2, -0.15) is 11.3 Å². The second-order valence-corrected chi connectivity index (χ2v) is 7.59. The third kappa shape index (κ3) is 3.58. The van der Waals surface area contributed by atoms with Gasteiger partial charge in [-0.3, -0.25) is 4.79 Å². The molecule has 24 heavy (non-hydrogen) atoms. The lowest BCUT2D eigenvalue weighted by Crippen LogP contribution is -2.23. The number of nitrogens with one attached hydrogen (secondary N) is 1. The molecular formula is C15H14N4O3S2. The molecule has 0 saturated heterocycles. The molecular weight excluding hydrogens is 348 g/mol. The third-order valence-electron chi connectivity index (χ3n) is 3.31. The Morgan fingerprint density at radius 3 is 2.88 bits per heavy atom. The van der Waals surface area contributed by atoms with Crippen LogP contribution in [0.5, 0.6) is 0 Å². The molecule has 1 aromatic carbocycles.